The van der Waals surface area contributed by atoms with Crippen LogP contribution in [0.1, 0.15) is 74.3 Å². The van der Waals surface area contributed by atoms with E-state index < -0.39 is 0 Å². The van der Waals surface area contributed by atoms with Gasteiger partial charge in [-0.1, -0.05) is 39.0 Å². The van der Waals surface area contributed by atoms with Crippen molar-refractivity contribution in [3.8, 4) is 0 Å². The monoisotopic (exact) mass is 275 g/mol. The van der Waals surface area contributed by atoms with Crippen molar-refractivity contribution in [2.24, 2.45) is 0 Å². The minimum Gasteiger partial charge on any atom is -0.312 e. The summed E-state index contributed by atoms with van der Waals surface area (Å²) < 4.78 is 1.84. The highest BCUT2D eigenvalue weighted by atomic mass is 16.1. The van der Waals surface area contributed by atoms with Gasteiger partial charge in [0.15, 0.2) is 5.78 Å². The van der Waals surface area contributed by atoms with E-state index in [2.05, 4.69) is 6.92 Å². The molecular weight excluding hydrogens is 250 g/mol. The molecule has 0 aliphatic heterocycles. The van der Waals surface area contributed by atoms with Crippen LogP contribution in [-0.4, -0.2) is 10.4 Å². The molecule has 3 heteroatoms. The maximum atomic E-state index is 12.0. The average molecular weight is 275 g/mol. The fourth-order valence-electron chi connectivity index (χ4n) is 2.99. The molecule has 0 bridgehead atoms. The number of Topliss-reactive ketones (excluding diaryl/α,β-unsaturated/α-hetero) is 1. The topological polar surface area (TPSA) is 39.1 Å². The van der Waals surface area contributed by atoms with Crippen LogP contribution in [-0.2, 0) is 13.0 Å². The van der Waals surface area contributed by atoms with E-state index >= 15 is 0 Å². The highest BCUT2D eigenvalue weighted by Crippen LogP contribution is 2.20. The molecule has 0 radical (unpaired) electrons. The second kappa shape index (κ2) is 7.41. The standard InChI is InChI=1S/C17H25NO2/c1-2-3-4-5-6-7-13-18-15-9-8-10-16(19)14(15)11-12-17(18)20/h11-12H,2-10,13H2,1H3. The predicted molar refractivity (Wildman–Crippen MR) is 81.3 cm³/mol. The third kappa shape index (κ3) is 3.59. The molecule has 0 atom stereocenters. The lowest BCUT2D eigenvalue weighted by molar-refractivity contribution is 0.0970. The Bertz CT molecular complexity index is 516. The maximum absolute atomic E-state index is 12.0. The van der Waals surface area contributed by atoms with E-state index in [4.69, 9.17) is 0 Å². The van der Waals surface area contributed by atoms with Crippen molar-refractivity contribution in [3.05, 3.63) is 33.7 Å². The summed E-state index contributed by atoms with van der Waals surface area (Å²) in [6.07, 6.45) is 9.68. The lowest BCUT2D eigenvalue weighted by Crippen LogP contribution is -2.28. The van der Waals surface area contributed by atoms with E-state index in [-0.39, 0.29) is 11.3 Å². The van der Waals surface area contributed by atoms with Crippen molar-refractivity contribution in [1.82, 2.24) is 4.57 Å². The summed E-state index contributed by atoms with van der Waals surface area (Å²) >= 11 is 0. The quantitative estimate of drug-likeness (QED) is 0.711. The summed E-state index contributed by atoms with van der Waals surface area (Å²) in [5.74, 6) is 0.197. The van der Waals surface area contributed by atoms with Gasteiger partial charge in [0.05, 0.1) is 0 Å². The number of rotatable bonds is 7. The van der Waals surface area contributed by atoms with Gasteiger partial charge in [0, 0.05) is 30.3 Å². The van der Waals surface area contributed by atoms with Crippen molar-refractivity contribution in [3.63, 3.8) is 0 Å². The lowest BCUT2D eigenvalue weighted by Gasteiger charge is -2.19. The van der Waals surface area contributed by atoms with Crippen LogP contribution < -0.4 is 5.56 Å². The second-order valence-electron chi connectivity index (χ2n) is 5.73. The average Bonchev–Trinajstić information content (AvgIpc) is 2.45. The van der Waals surface area contributed by atoms with Crippen LogP contribution in [0.25, 0.3) is 0 Å². The molecule has 20 heavy (non-hydrogen) atoms. The van der Waals surface area contributed by atoms with E-state index in [1.807, 2.05) is 4.57 Å². The molecule has 1 heterocycles. The first-order chi connectivity index (χ1) is 9.74. The number of carbonyl (C=O) groups excluding carboxylic acids is 1. The molecule has 110 valence electrons. The van der Waals surface area contributed by atoms with Crippen LogP contribution in [0.15, 0.2) is 16.9 Å². The number of pyridine rings is 1. The Morgan fingerprint density at radius 1 is 1.00 bits per heavy atom. The lowest BCUT2D eigenvalue weighted by atomic mass is 9.94. The Balaban J connectivity index is 1.99. The third-order valence-electron chi connectivity index (χ3n) is 4.15. The molecular formula is C17H25NO2. The van der Waals surface area contributed by atoms with Crippen LogP contribution in [0.4, 0.5) is 0 Å². The van der Waals surface area contributed by atoms with Gasteiger partial charge in [-0.15, -0.1) is 0 Å². The fraction of sp³-hybridized carbons (Fsp3) is 0.647. The minimum absolute atomic E-state index is 0.0482. The highest BCUT2D eigenvalue weighted by molar-refractivity contribution is 5.97. The minimum atomic E-state index is 0.0482. The van der Waals surface area contributed by atoms with Crippen molar-refractivity contribution in [2.45, 2.75) is 71.3 Å². The van der Waals surface area contributed by atoms with E-state index in [9.17, 15) is 9.59 Å². The number of carbonyl (C=O) groups is 1. The molecule has 1 aliphatic rings. The largest absolute Gasteiger partial charge is 0.312 e. The zero-order valence-electron chi connectivity index (χ0n) is 12.5. The highest BCUT2D eigenvalue weighted by Gasteiger charge is 2.20. The van der Waals surface area contributed by atoms with Gasteiger partial charge >= 0.3 is 0 Å². The van der Waals surface area contributed by atoms with Crippen LogP contribution in [0.2, 0.25) is 0 Å². The number of fused-ring (bicyclic) bond motifs is 1. The molecule has 1 aliphatic carbocycles. The Kier molecular flexibility index (Phi) is 5.57. The van der Waals surface area contributed by atoms with Crippen LogP contribution in [0.5, 0.6) is 0 Å². The van der Waals surface area contributed by atoms with Crippen molar-refractivity contribution in [2.75, 3.05) is 0 Å². The molecule has 0 amide bonds. The van der Waals surface area contributed by atoms with Crippen molar-refractivity contribution < 1.29 is 4.79 Å². The van der Waals surface area contributed by atoms with Gasteiger partial charge in [0.25, 0.3) is 5.56 Å². The van der Waals surface area contributed by atoms with Gasteiger partial charge in [-0.3, -0.25) is 9.59 Å². The summed E-state index contributed by atoms with van der Waals surface area (Å²) in [4.78, 5) is 23.9. The van der Waals surface area contributed by atoms with Gasteiger partial charge < -0.3 is 4.57 Å². The first kappa shape index (κ1) is 15.0. The molecule has 1 aromatic heterocycles. The number of hydrogen-bond donors (Lipinski definition) is 0. The third-order valence-corrected chi connectivity index (χ3v) is 4.15. The van der Waals surface area contributed by atoms with Gasteiger partial charge in [-0.05, 0) is 25.3 Å². The molecule has 1 aromatic rings. The Hall–Kier alpha value is -1.38. The van der Waals surface area contributed by atoms with E-state index in [1.165, 1.54) is 32.1 Å². The molecule has 0 unspecified atom stereocenters. The van der Waals surface area contributed by atoms with Crippen molar-refractivity contribution in [1.29, 1.82) is 0 Å². The Morgan fingerprint density at radius 2 is 1.75 bits per heavy atom. The van der Waals surface area contributed by atoms with Crippen molar-refractivity contribution >= 4 is 5.78 Å². The fourth-order valence-corrected chi connectivity index (χ4v) is 2.99. The van der Waals surface area contributed by atoms with Crippen LogP contribution in [0, 0.1) is 0 Å². The smallest absolute Gasteiger partial charge is 0.250 e. The number of ketones is 1. The van der Waals surface area contributed by atoms with Crippen LogP contribution in [0.3, 0.4) is 0 Å². The molecule has 0 aromatic carbocycles. The zero-order chi connectivity index (χ0) is 14.4. The number of hydrogen-bond acceptors (Lipinski definition) is 2. The van der Waals surface area contributed by atoms with E-state index in [0.717, 1.165) is 37.1 Å². The molecule has 0 spiro atoms. The predicted octanol–water partition coefficient (Wildman–Crippen LogP) is 3.73. The number of aromatic nitrogens is 1. The summed E-state index contributed by atoms with van der Waals surface area (Å²) in [5, 5.41) is 0. The Morgan fingerprint density at radius 3 is 2.55 bits per heavy atom. The number of unbranched alkanes of at least 4 members (excludes halogenated alkanes) is 5. The second-order valence-corrected chi connectivity index (χ2v) is 5.73. The van der Waals surface area contributed by atoms with E-state index in [1.54, 1.807) is 12.1 Å². The summed E-state index contributed by atoms with van der Waals surface area (Å²) in [6, 6.07) is 3.27. The van der Waals surface area contributed by atoms with E-state index in [0.29, 0.717) is 6.42 Å². The SMILES string of the molecule is CCCCCCCCn1c2c(ccc1=O)C(=O)CCC2. The zero-order valence-corrected chi connectivity index (χ0v) is 12.5. The summed E-state index contributed by atoms with van der Waals surface area (Å²) in [6.45, 7) is 2.98. The summed E-state index contributed by atoms with van der Waals surface area (Å²) in [5.41, 5.74) is 1.80. The normalized spacial score (nSPS) is 14.3. The first-order valence-electron chi connectivity index (χ1n) is 8.00. The van der Waals surface area contributed by atoms with Gasteiger partial charge in [0.1, 0.15) is 0 Å². The maximum Gasteiger partial charge on any atom is 0.250 e. The summed E-state index contributed by atoms with van der Waals surface area (Å²) in [7, 11) is 0. The molecule has 3 nitrogen and oxygen atoms in total. The Labute approximate surface area is 121 Å². The first-order valence-corrected chi connectivity index (χ1v) is 8.00. The molecule has 0 N–H and O–H groups in total. The van der Waals surface area contributed by atoms with Crippen LogP contribution >= 0.6 is 0 Å². The molecule has 0 fully saturated rings. The molecule has 0 saturated carbocycles. The van der Waals surface area contributed by atoms with Gasteiger partial charge in [-0.2, -0.15) is 0 Å². The molecule has 2 rings (SSSR count). The number of nitrogens with zero attached hydrogens (tertiary/aromatic N) is 1. The van der Waals surface area contributed by atoms with Gasteiger partial charge in [-0.25, -0.2) is 0 Å². The van der Waals surface area contributed by atoms with Gasteiger partial charge in [0.2, 0.25) is 0 Å². The molecule has 0 saturated heterocycles.